The van der Waals surface area contributed by atoms with Gasteiger partial charge < -0.3 is 0 Å². The molecule has 2 rings (SSSR count). The molecule has 1 heterocycles. The van der Waals surface area contributed by atoms with Crippen molar-refractivity contribution in [2.24, 2.45) is 0 Å². The first-order chi connectivity index (χ1) is 8.18. The van der Waals surface area contributed by atoms with E-state index in [0.29, 0.717) is 6.42 Å². The number of halogens is 1. The monoisotopic (exact) mass is 266 g/mol. The van der Waals surface area contributed by atoms with E-state index >= 15 is 0 Å². The summed E-state index contributed by atoms with van der Waals surface area (Å²) in [7, 11) is -0.400. The van der Waals surface area contributed by atoms with Crippen molar-refractivity contribution in [1.82, 2.24) is 0 Å². The Hall–Kier alpha value is -0.990. The summed E-state index contributed by atoms with van der Waals surface area (Å²) in [6, 6.07) is 7.82. The van der Waals surface area contributed by atoms with E-state index in [1.54, 1.807) is 6.92 Å². The third-order valence-corrected chi connectivity index (χ3v) is 5.29. The minimum absolute atomic E-state index is 0.214. The minimum atomic E-state index is -0.400. The normalized spacial score (nSPS) is 17.4. The second-order valence-corrected chi connectivity index (χ2v) is 6.59. The largest absolute Gasteiger partial charge is 0.300 e. The van der Waals surface area contributed by atoms with Crippen molar-refractivity contribution < 1.29 is 4.79 Å². The van der Waals surface area contributed by atoms with Gasteiger partial charge in [-0.05, 0) is 29.4 Å². The molecule has 1 aliphatic rings. The lowest BCUT2D eigenvalue weighted by Gasteiger charge is -2.24. The van der Waals surface area contributed by atoms with Crippen molar-refractivity contribution in [3.8, 4) is 0 Å². The Morgan fingerprint density at radius 1 is 1.29 bits per heavy atom. The van der Waals surface area contributed by atoms with Gasteiger partial charge in [0.05, 0.1) is 0 Å². The first-order valence-corrected chi connectivity index (χ1v) is 7.47. The van der Waals surface area contributed by atoms with Crippen LogP contribution in [0.15, 0.2) is 47.2 Å². The number of rotatable bonds is 4. The van der Waals surface area contributed by atoms with Gasteiger partial charge in [0.25, 0.3) is 0 Å². The van der Waals surface area contributed by atoms with E-state index in [1.165, 1.54) is 0 Å². The summed E-state index contributed by atoms with van der Waals surface area (Å²) in [5.41, 5.74) is 1.09. The highest BCUT2D eigenvalue weighted by molar-refractivity contribution is 8.22. The molecule has 0 saturated carbocycles. The van der Waals surface area contributed by atoms with Gasteiger partial charge in [0, 0.05) is 16.7 Å². The third kappa shape index (κ3) is 3.02. The van der Waals surface area contributed by atoms with E-state index in [9.17, 15) is 4.79 Å². The zero-order valence-corrected chi connectivity index (χ0v) is 11.3. The van der Waals surface area contributed by atoms with Crippen molar-refractivity contribution in [3.63, 3.8) is 0 Å². The van der Waals surface area contributed by atoms with Gasteiger partial charge in [-0.1, -0.05) is 42.0 Å². The van der Waals surface area contributed by atoms with Gasteiger partial charge in [-0.2, -0.15) is 0 Å². The van der Waals surface area contributed by atoms with Crippen LogP contribution in [0, 0.1) is 0 Å². The lowest BCUT2D eigenvalue weighted by atomic mass is 10.1. The summed E-state index contributed by atoms with van der Waals surface area (Å²) in [5.74, 6) is 0.214. The van der Waals surface area contributed by atoms with Crippen LogP contribution in [0.5, 0.6) is 0 Å². The van der Waals surface area contributed by atoms with Crippen LogP contribution < -0.4 is 0 Å². The number of hydrogen-bond acceptors (Lipinski definition) is 1. The van der Waals surface area contributed by atoms with E-state index in [-0.39, 0.29) is 11.0 Å². The topological polar surface area (TPSA) is 17.1 Å². The molecule has 1 unspecified atom stereocenters. The summed E-state index contributed by atoms with van der Waals surface area (Å²) in [4.78, 5) is 11.4. The molecule has 0 N–H and O–H groups in total. The van der Waals surface area contributed by atoms with Crippen LogP contribution >= 0.6 is 22.5 Å². The Balaban J connectivity index is 2.33. The maximum Gasteiger partial charge on any atom is 0.131 e. The fourth-order valence-corrected chi connectivity index (χ4v) is 4.42. The summed E-state index contributed by atoms with van der Waals surface area (Å²) in [5, 5.41) is 5.35. The third-order valence-electron chi connectivity index (χ3n) is 2.73. The van der Waals surface area contributed by atoms with Gasteiger partial charge in [0.1, 0.15) is 5.78 Å². The van der Waals surface area contributed by atoms with Gasteiger partial charge in [-0.15, -0.1) is 0 Å². The van der Waals surface area contributed by atoms with Gasteiger partial charge in [-0.25, -0.2) is 10.9 Å². The number of carbonyl (C=O) groups excluding carboxylic acids is 1. The van der Waals surface area contributed by atoms with E-state index in [1.807, 2.05) is 24.3 Å². The molecule has 1 nitrogen and oxygen atoms in total. The molecular formula is C14H15ClOS. The van der Waals surface area contributed by atoms with Crippen molar-refractivity contribution in [3.05, 3.63) is 57.8 Å². The smallest absolute Gasteiger partial charge is 0.131 e. The highest BCUT2D eigenvalue weighted by Gasteiger charge is 2.21. The molecule has 0 radical (unpaired) electrons. The number of benzene rings is 1. The van der Waals surface area contributed by atoms with Crippen LogP contribution in [-0.4, -0.2) is 5.78 Å². The van der Waals surface area contributed by atoms with Crippen LogP contribution in [0.2, 0.25) is 5.02 Å². The first kappa shape index (κ1) is 12.5. The van der Waals surface area contributed by atoms with Crippen LogP contribution in [0.4, 0.5) is 0 Å². The number of hydrogen-bond donors (Lipinski definition) is 1. The molecular weight excluding hydrogens is 252 g/mol. The molecule has 0 aromatic heterocycles. The molecule has 0 saturated heterocycles. The summed E-state index contributed by atoms with van der Waals surface area (Å²) < 4.78 is 0. The molecule has 0 spiro atoms. The second-order valence-electron chi connectivity index (χ2n) is 4.07. The fourth-order valence-electron chi connectivity index (χ4n) is 1.95. The molecule has 1 atom stereocenters. The number of carbonyl (C=O) groups is 1. The summed E-state index contributed by atoms with van der Waals surface area (Å²) in [6.07, 6.45) is 4.66. The highest BCUT2D eigenvalue weighted by Crippen LogP contribution is 2.51. The minimum Gasteiger partial charge on any atom is -0.300 e. The molecule has 0 amide bonds. The van der Waals surface area contributed by atoms with Crippen molar-refractivity contribution >= 4 is 28.3 Å². The molecule has 1 aliphatic heterocycles. The number of allylic oxidation sites excluding steroid dienone is 2. The Bertz CT molecular complexity index is 467. The lowest BCUT2D eigenvalue weighted by Crippen LogP contribution is -2.03. The average molecular weight is 267 g/mol. The Kier molecular flexibility index (Phi) is 4.08. The summed E-state index contributed by atoms with van der Waals surface area (Å²) in [6.45, 7) is 1.64. The molecule has 3 heteroatoms. The predicted octanol–water partition coefficient (Wildman–Crippen LogP) is 4.40. The standard InChI is InChI=1S/C14H15ClOS/c1-11(16)10-14(17-8-4-5-9-17)12-6-2-3-7-13(12)15/h2-9,14,17H,10H2,1H3. The van der Waals surface area contributed by atoms with Crippen LogP contribution in [-0.2, 0) is 4.79 Å². The Morgan fingerprint density at radius 2 is 1.94 bits per heavy atom. The SMILES string of the molecule is CC(=O)CC(c1ccccc1Cl)[SH]1C=CC=C1. The molecule has 1 aromatic carbocycles. The Labute approximate surface area is 110 Å². The first-order valence-electron chi connectivity index (χ1n) is 5.55. The predicted molar refractivity (Wildman–Crippen MR) is 76.8 cm³/mol. The zero-order valence-electron chi connectivity index (χ0n) is 9.64. The van der Waals surface area contributed by atoms with E-state index in [2.05, 4.69) is 23.0 Å². The number of Topliss-reactive ketones (excluding diaryl/α,β-unsaturated/α-hetero) is 1. The van der Waals surface area contributed by atoms with Crippen LogP contribution in [0.3, 0.4) is 0 Å². The number of thiol groups is 1. The van der Waals surface area contributed by atoms with Crippen molar-refractivity contribution in [2.75, 3.05) is 0 Å². The van der Waals surface area contributed by atoms with Crippen molar-refractivity contribution in [2.45, 2.75) is 18.6 Å². The highest BCUT2D eigenvalue weighted by atomic mass is 35.5. The van der Waals surface area contributed by atoms with Gasteiger partial charge in [0.15, 0.2) is 0 Å². The zero-order chi connectivity index (χ0) is 12.3. The van der Waals surface area contributed by atoms with Gasteiger partial charge in [0.2, 0.25) is 0 Å². The second kappa shape index (κ2) is 5.56. The van der Waals surface area contributed by atoms with E-state index in [0.717, 1.165) is 10.6 Å². The lowest BCUT2D eigenvalue weighted by molar-refractivity contribution is -0.117. The Morgan fingerprint density at radius 3 is 2.53 bits per heavy atom. The molecule has 0 bridgehead atoms. The average Bonchev–Trinajstić information content (AvgIpc) is 2.80. The molecule has 0 fully saturated rings. The molecule has 17 heavy (non-hydrogen) atoms. The van der Waals surface area contributed by atoms with Gasteiger partial charge >= 0.3 is 0 Å². The van der Waals surface area contributed by atoms with Crippen LogP contribution in [0.25, 0.3) is 0 Å². The van der Waals surface area contributed by atoms with E-state index < -0.39 is 10.9 Å². The number of ketones is 1. The molecule has 0 aliphatic carbocycles. The van der Waals surface area contributed by atoms with Crippen molar-refractivity contribution in [1.29, 1.82) is 0 Å². The van der Waals surface area contributed by atoms with E-state index in [4.69, 9.17) is 11.6 Å². The van der Waals surface area contributed by atoms with Gasteiger partial charge in [-0.3, -0.25) is 4.79 Å². The fraction of sp³-hybridized carbons (Fsp3) is 0.214. The maximum absolute atomic E-state index is 11.4. The molecule has 1 aromatic rings. The quantitative estimate of drug-likeness (QED) is 0.799. The maximum atomic E-state index is 11.4. The summed E-state index contributed by atoms with van der Waals surface area (Å²) >= 11 is 6.23. The molecule has 90 valence electrons. The van der Waals surface area contributed by atoms with Crippen LogP contribution in [0.1, 0.15) is 24.2 Å².